The number of furan rings is 1. The monoisotopic (exact) mass is 391 g/mol. The lowest BCUT2D eigenvalue weighted by Gasteiger charge is -2.15. The van der Waals surface area contributed by atoms with Crippen molar-refractivity contribution in [2.24, 2.45) is 0 Å². The summed E-state index contributed by atoms with van der Waals surface area (Å²) in [7, 11) is 0. The van der Waals surface area contributed by atoms with Crippen LogP contribution in [0.5, 0.6) is 0 Å². The van der Waals surface area contributed by atoms with Crippen LogP contribution in [0.4, 0.5) is 0 Å². The Hall–Kier alpha value is -2.71. The number of hydrogen-bond donors (Lipinski definition) is 1. The zero-order chi connectivity index (χ0) is 20.1. The summed E-state index contributed by atoms with van der Waals surface area (Å²) in [5, 5.41) is 4.36. The highest BCUT2D eigenvalue weighted by atomic mass is 35.5. The summed E-state index contributed by atoms with van der Waals surface area (Å²) >= 11 is 6.16. The predicted octanol–water partition coefficient (Wildman–Crippen LogP) is 7.70. The summed E-state index contributed by atoms with van der Waals surface area (Å²) < 4.78 is 6.20. The summed E-state index contributed by atoms with van der Waals surface area (Å²) in [6.45, 7) is 8.35. The van der Waals surface area contributed by atoms with Crippen molar-refractivity contribution in [2.75, 3.05) is 0 Å². The number of benzene rings is 2. The first-order valence-corrected chi connectivity index (χ1v) is 9.94. The van der Waals surface area contributed by atoms with Crippen LogP contribution in [0.1, 0.15) is 44.1 Å². The fourth-order valence-corrected chi connectivity index (χ4v) is 3.20. The smallest absolute Gasteiger partial charge is 0.150 e. The molecule has 1 heterocycles. The van der Waals surface area contributed by atoms with Crippen molar-refractivity contribution in [1.82, 2.24) is 5.32 Å². The van der Waals surface area contributed by atoms with E-state index in [2.05, 4.69) is 56.4 Å². The number of hydrogen-bond acceptors (Lipinski definition) is 2. The van der Waals surface area contributed by atoms with E-state index < -0.39 is 0 Å². The van der Waals surface area contributed by atoms with E-state index >= 15 is 0 Å². The van der Waals surface area contributed by atoms with Crippen LogP contribution >= 0.6 is 11.6 Å². The van der Waals surface area contributed by atoms with Gasteiger partial charge in [0, 0.05) is 16.3 Å². The van der Waals surface area contributed by atoms with Crippen molar-refractivity contribution >= 4 is 23.0 Å². The van der Waals surface area contributed by atoms with Crippen LogP contribution in [-0.4, -0.2) is 0 Å². The van der Waals surface area contributed by atoms with Gasteiger partial charge in [0.05, 0.1) is 5.70 Å². The van der Waals surface area contributed by atoms with E-state index in [4.69, 9.17) is 16.0 Å². The Morgan fingerprint density at radius 1 is 1.04 bits per heavy atom. The lowest BCUT2D eigenvalue weighted by Crippen LogP contribution is -2.12. The first-order valence-electron chi connectivity index (χ1n) is 9.56. The van der Waals surface area contributed by atoms with E-state index in [9.17, 15) is 0 Å². The molecule has 0 unspecified atom stereocenters. The Morgan fingerprint density at radius 2 is 1.79 bits per heavy atom. The molecule has 0 radical (unpaired) electrons. The van der Waals surface area contributed by atoms with Gasteiger partial charge >= 0.3 is 0 Å². The molecule has 28 heavy (non-hydrogen) atoms. The molecular weight excluding hydrogens is 366 g/mol. The zero-order valence-electron chi connectivity index (χ0n) is 16.8. The van der Waals surface area contributed by atoms with Gasteiger partial charge < -0.3 is 9.73 Å². The van der Waals surface area contributed by atoms with Gasteiger partial charge in [-0.05, 0) is 68.7 Å². The average Bonchev–Trinajstić information content (AvgIpc) is 3.17. The molecule has 0 amide bonds. The van der Waals surface area contributed by atoms with E-state index in [0.717, 1.165) is 51.0 Å². The third kappa shape index (κ3) is 4.58. The van der Waals surface area contributed by atoms with Crippen molar-refractivity contribution in [3.63, 3.8) is 0 Å². The van der Waals surface area contributed by atoms with E-state index in [0.29, 0.717) is 0 Å². The average molecular weight is 392 g/mol. The normalized spacial score (nSPS) is 11.4. The van der Waals surface area contributed by atoms with Crippen molar-refractivity contribution in [3.8, 4) is 11.3 Å². The van der Waals surface area contributed by atoms with Gasteiger partial charge in [-0.2, -0.15) is 0 Å². The maximum atomic E-state index is 6.20. The van der Waals surface area contributed by atoms with Gasteiger partial charge in [0.2, 0.25) is 0 Å². The first-order chi connectivity index (χ1) is 13.5. The van der Waals surface area contributed by atoms with E-state index in [-0.39, 0.29) is 0 Å². The zero-order valence-corrected chi connectivity index (χ0v) is 17.6. The van der Waals surface area contributed by atoms with Crippen LogP contribution in [0.3, 0.4) is 0 Å². The maximum Gasteiger partial charge on any atom is 0.150 e. The van der Waals surface area contributed by atoms with Gasteiger partial charge in [-0.3, -0.25) is 0 Å². The van der Waals surface area contributed by atoms with Crippen LogP contribution < -0.4 is 5.32 Å². The Balaban J connectivity index is 1.93. The predicted molar refractivity (Wildman–Crippen MR) is 120 cm³/mol. The minimum absolute atomic E-state index is 0.764. The summed E-state index contributed by atoms with van der Waals surface area (Å²) in [4.78, 5) is 0. The molecule has 0 bridgehead atoms. The van der Waals surface area contributed by atoms with Gasteiger partial charge in [0.15, 0.2) is 5.76 Å². The van der Waals surface area contributed by atoms with Gasteiger partial charge in [-0.15, -0.1) is 0 Å². The Labute approximate surface area is 172 Å². The summed E-state index contributed by atoms with van der Waals surface area (Å²) in [5.41, 5.74) is 6.50. The van der Waals surface area contributed by atoms with E-state index in [1.165, 1.54) is 5.57 Å². The fourth-order valence-electron chi connectivity index (χ4n) is 3.08. The van der Waals surface area contributed by atoms with Crippen LogP contribution in [0.2, 0.25) is 5.02 Å². The quantitative estimate of drug-likeness (QED) is 0.465. The second-order valence-electron chi connectivity index (χ2n) is 7.02. The van der Waals surface area contributed by atoms with E-state index in [1.54, 1.807) is 0 Å². The molecular formula is C25H26ClNO. The second kappa shape index (κ2) is 8.99. The topological polar surface area (TPSA) is 25.2 Å². The molecule has 0 spiro atoms. The Kier molecular flexibility index (Phi) is 6.43. The van der Waals surface area contributed by atoms with Gasteiger partial charge in [0.1, 0.15) is 5.76 Å². The number of halogens is 1. The van der Waals surface area contributed by atoms with Crippen molar-refractivity contribution in [3.05, 3.63) is 94.2 Å². The minimum atomic E-state index is 0.764. The minimum Gasteiger partial charge on any atom is -0.455 e. The highest BCUT2D eigenvalue weighted by Crippen LogP contribution is 2.29. The molecule has 0 saturated carbocycles. The van der Waals surface area contributed by atoms with Crippen molar-refractivity contribution in [2.45, 2.75) is 34.1 Å². The van der Waals surface area contributed by atoms with Crippen LogP contribution in [0.25, 0.3) is 22.7 Å². The molecule has 0 atom stereocenters. The van der Waals surface area contributed by atoms with Gasteiger partial charge in [-0.25, -0.2) is 0 Å². The molecule has 2 aromatic carbocycles. The summed E-state index contributed by atoms with van der Waals surface area (Å²) in [6.07, 6.45) is 3.06. The highest BCUT2D eigenvalue weighted by molar-refractivity contribution is 6.31. The molecule has 2 nitrogen and oxygen atoms in total. The highest BCUT2D eigenvalue weighted by Gasteiger charge is 2.13. The maximum absolute atomic E-state index is 6.20. The molecule has 0 fully saturated rings. The lowest BCUT2D eigenvalue weighted by molar-refractivity contribution is 0.564. The Morgan fingerprint density at radius 3 is 2.43 bits per heavy atom. The molecule has 0 saturated heterocycles. The molecule has 3 aromatic rings. The SMILES string of the molecule is CC/C=C(/NC(=C(C)C)c1ccccc1)c1ccc(-c2ccc(Cl)c(C)c2)o1. The third-order valence-corrected chi connectivity index (χ3v) is 4.97. The molecule has 1 aromatic heterocycles. The molecule has 0 aliphatic rings. The molecule has 3 heteroatoms. The molecule has 1 N–H and O–H groups in total. The van der Waals surface area contributed by atoms with Crippen molar-refractivity contribution < 1.29 is 4.42 Å². The van der Waals surface area contributed by atoms with Gasteiger partial charge in [0.25, 0.3) is 0 Å². The van der Waals surface area contributed by atoms with Crippen molar-refractivity contribution in [1.29, 1.82) is 0 Å². The molecule has 3 rings (SSSR count). The van der Waals surface area contributed by atoms with Crippen LogP contribution in [-0.2, 0) is 0 Å². The lowest BCUT2D eigenvalue weighted by atomic mass is 10.1. The number of rotatable bonds is 6. The second-order valence-corrected chi connectivity index (χ2v) is 7.43. The molecule has 144 valence electrons. The number of aryl methyl sites for hydroxylation is 1. The van der Waals surface area contributed by atoms with E-state index in [1.807, 2.05) is 43.3 Å². The largest absolute Gasteiger partial charge is 0.455 e. The Bertz CT molecular complexity index is 1010. The first kappa shape index (κ1) is 20.0. The number of nitrogens with one attached hydrogen (secondary N) is 1. The molecule has 0 aliphatic heterocycles. The fraction of sp³-hybridized carbons (Fsp3) is 0.200. The molecule has 0 aliphatic carbocycles. The van der Waals surface area contributed by atoms with Gasteiger partial charge in [-0.1, -0.05) is 60.5 Å². The van der Waals surface area contributed by atoms with Crippen LogP contribution in [0.15, 0.2) is 76.7 Å². The standard InChI is InChI=1S/C25H26ClNO/c1-5-9-22(27-25(17(2)3)19-10-7-6-8-11-19)24-15-14-23(28-24)20-12-13-21(26)18(4)16-20/h6-16,27H,5H2,1-4H3/b22-9+. The number of allylic oxidation sites excluding steroid dienone is 2. The summed E-state index contributed by atoms with van der Waals surface area (Å²) in [5.74, 6) is 1.65. The third-order valence-electron chi connectivity index (χ3n) is 4.54. The summed E-state index contributed by atoms with van der Waals surface area (Å²) in [6, 6.07) is 20.3. The van der Waals surface area contributed by atoms with Crippen LogP contribution in [0, 0.1) is 6.92 Å².